The normalized spacial score (nSPS) is 18.9. The van der Waals surface area contributed by atoms with Crippen LogP contribution in [0.25, 0.3) is 11.2 Å². The molecule has 4 rings (SSSR count). The van der Waals surface area contributed by atoms with E-state index < -0.39 is 5.72 Å². The first-order valence-corrected chi connectivity index (χ1v) is 9.58. The Morgan fingerprint density at radius 2 is 1.89 bits per heavy atom. The zero-order valence-electron chi connectivity index (χ0n) is 17.2. The minimum absolute atomic E-state index is 0.285. The average Bonchev–Trinajstić information content (AvgIpc) is 3.05. The number of aliphatic imine (C=N–C) groups is 1. The molecule has 1 aliphatic rings. The molecule has 0 amide bonds. The molecule has 1 unspecified atom stereocenters. The molecular weight excluding hydrogens is 355 g/mol. The van der Waals surface area contributed by atoms with E-state index in [-0.39, 0.29) is 5.82 Å². The quantitative estimate of drug-likeness (QED) is 0.632. The lowest BCUT2D eigenvalue weighted by Crippen LogP contribution is -2.39. The molecular formula is C22H25FN4O. The highest BCUT2D eigenvalue weighted by atomic mass is 19.1. The number of rotatable bonds is 2. The van der Waals surface area contributed by atoms with E-state index in [4.69, 9.17) is 9.73 Å². The van der Waals surface area contributed by atoms with Gasteiger partial charge in [0.1, 0.15) is 29.2 Å². The topological polar surface area (TPSA) is 52.3 Å². The van der Waals surface area contributed by atoms with Crippen molar-refractivity contribution < 1.29 is 9.13 Å². The third-order valence-electron chi connectivity index (χ3n) is 5.33. The second-order valence-electron chi connectivity index (χ2n) is 8.21. The van der Waals surface area contributed by atoms with Gasteiger partial charge in [-0.15, -0.1) is 0 Å². The van der Waals surface area contributed by atoms with Gasteiger partial charge in [-0.1, -0.05) is 13.8 Å². The number of nitrogens with zero attached hydrogens (tertiary/aromatic N) is 4. The molecule has 146 valence electrons. The van der Waals surface area contributed by atoms with Crippen molar-refractivity contribution in [3.8, 4) is 5.75 Å². The van der Waals surface area contributed by atoms with Crippen LogP contribution in [0.5, 0.6) is 5.75 Å². The van der Waals surface area contributed by atoms with Gasteiger partial charge in [0.2, 0.25) is 0 Å². The van der Waals surface area contributed by atoms with Crippen LogP contribution < -0.4 is 4.74 Å². The SMILES string of the molecule is Cc1cnc2c(ncn2C2=NC(C)(CC(C)C)Oc3c2ccc(F)c3C)c1C. The molecule has 1 aliphatic heterocycles. The van der Waals surface area contributed by atoms with Crippen molar-refractivity contribution in [2.24, 2.45) is 10.9 Å². The molecule has 0 fully saturated rings. The van der Waals surface area contributed by atoms with Crippen molar-refractivity contribution in [3.63, 3.8) is 0 Å². The Morgan fingerprint density at radius 3 is 2.61 bits per heavy atom. The van der Waals surface area contributed by atoms with Gasteiger partial charge in [0.25, 0.3) is 0 Å². The van der Waals surface area contributed by atoms with Crippen molar-refractivity contribution in [3.05, 3.63) is 52.7 Å². The predicted molar refractivity (Wildman–Crippen MR) is 109 cm³/mol. The summed E-state index contributed by atoms with van der Waals surface area (Å²) in [6.07, 6.45) is 4.30. The molecule has 0 aliphatic carbocycles. The summed E-state index contributed by atoms with van der Waals surface area (Å²) >= 11 is 0. The summed E-state index contributed by atoms with van der Waals surface area (Å²) in [5.74, 6) is 1.31. The molecule has 1 aromatic carbocycles. The van der Waals surface area contributed by atoms with Crippen LogP contribution in [0.1, 0.15) is 49.4 Å². The summed E-state index contributed by atoms with van der Waals surface area (Å²) in [5, 5.41) is 0. The largest absolute Gasteiger partial charge is 0.465 e. The number of hydrogen-bond acceptors (Lipinski definition) is 4. The Kier molecular flexibility index (Phi) is 4.25. The third-order valence-corrected chi connectivity index (χ3v) is 5.33. The standard InChI is InChI=1S/C22H25FN4O/c1-12(2)9-22(6)26-20(16-7-8-17(23)15(5)19(16)28-22)27-11-25-18-14(4)13(3)10-24-21(18)27/h7-8,10-12H,9H2,1-6H3. The fourth-order valence-electron chi connectivity index (χ4n) is 3.86. The number of benzene rings is 1. The van der Waals surface area contributed by atoms with Crippen LogP contribution in [0.3, 0.4) is 0 Å². The number of aromatic nitrogens is 3. The lowest BCUT2D eigenvalue weighted by Gasteiger charge is -2.35. The molecule has 6 heteroatoms. The van der Waals surface area contributed by atoms with E-state index in [0.717, 1.165) is 27.9 Å². The smallest absolute Gasteiger partial charge is 0.199 e. The number of ether oxygens (including phenoxy) is 1. The van der Waals surface area contributed by atoms with Gasteiger partial charge in [0.05, 0.1) is 5.56 Å². The highest BCUT2D eigenvalue weighted by molar-refractivity contribution is 6.07. The Balaban J connectivity index is 1.99. The second-order valence-corrected chi connectivity index (χ2v) is 8.21. The fraction of sp³-hybridized carbons (Fsp3) is 0.409. The Hall–Kier alpha value is -2.76. The lowest BCUT2D eigenvalue weighted by molar-refractivity contribution is 0.0692. The molecule has 3 aromatic rings. The molecule has 3 heterocycles. The second kappa shape index (κ2) is 6.40. The van der Waals surface area contributed by atoms with Crippen molar-refractivity contribution in [1.29, 1.82) is 0 Å². The van der Waals surface area contributed by atoms with Crippen molar-refractivity contribution >= 4 is 17.0 Å². The van der Waals surface area contributed by atoms with E-state index in [1.165, 1.54) is 6.07 Å². The van der Waals surface area contributed by atoms with Crippen molar-refractivity contribution in [2.45, 2.75) is 53.7 Å². The van der Waals surface area contributed by atoms with Gasteiger partial charge < -0.3 is 4.74 Å². The van der Waals surface area contributed by atoms with Gasteiger partial charge in [-0.2, -0.15) is 0 Å². The summed E-state index contributed by atoms with van der Waals surface area (Å²) in [7, 11) is 0. The first kappa shape index (κ1) is 18.6. The number of aryl methyl sites for hydroxylation is 2. The van der Waals surface area contributed by atoms with Crippen molar-refractivity contribution in [1.82, 2.24) is 14.5 Å². The molecule has 0 N–H and O–H groups in total. The summed E-state index contributed by atoms with van der Waals surface area (Å²) in [6.45, 7) is 12.0. The molecule has 0 saturated heterocycles. The van der Waals surface area contributed by atoms with E-state index in [1.54, 1.807) is 19.3 Å². The number of halogens is 1. The monoisotopic (exact) mass is 380 g/mol. The maximum Gasteiger partial charge on any atom is 0.199 e. The molecule has 0 saturated carbocycles. The zero-order chi connectivity index (χ0) is 20.2. The average molecular weight is 380 g/mol. The van der Waals surface area contributed by atoms with E-state index >= 15 is 0 Å². The van der Waals surface area contributed by atoms with E-state index in [2.05, 4.69) is 23.8 Å². The molecule has 0 spiro atoms. The van der Waals surface area contributed by atoms with Gasteiger partial charge in [-0.3, -0.25) is 4.57 Å². The van der Waals surface area contributed by atoms with E-state index in [9.17, 15) is 4.39 Å². The van der Waals surface area contributed by atoms with Crippen LogP contribution >= 0.6 is 0 Å². The van der Waals surface area contributed by atoms with Crippen LogP contribution in [0.4, 0.5) is 4.39 Å². The molecule has 1 atom stereocenters. The van der Waals surface area contributed by atoms with Gasteiger partial charge in [-0.05, 0) is 56.9 Å². The number of imidazole rings is 1. The first-order valence-electron chi connectivity index (χ1n) is 9.58. The first-order chi connectivity index (χ1) is 13.2. The van der Waals surface area contributed by atoms with E-state index in [0.29, 0.717) is 29.5 Å². The van der Waals surface area contributed by atoms with Crippen LogP contribution in [0, 0.1) is 32.5 Å². The fourth-order valence-corrected chi connectivity index (χ4v) is 3.86. The zero-order valence-corrected chi connectivity index (χ0v) is 17.2. The number of pyridine rings is 1. The lowest BCUT2D eigenvalue weighted by atomic mass is 9.98. The minimum Gasteiger partial charge on any atom is -0.465 e. The molecule has 0 bridgehead atoms. The van der Waals surface area contributed by atoms with Crippen LogP contribution in [0.15, 0.2) is 29.6 Å². The summed E-state index contributed by atoms with van der Waals surface area (Å²) < 4.78 is 22.4. The highest BCUT2D eigenvalue weighted by Crippen LogP contribution is 2.38. The summed E-state index contributed by atoms with van der Waals surface area (Å²) in [4.78, 5) is 14.1. The van der Waals surface area contributed by atoms with Gasteiger partial charge in [-0.25, -0.2) is 19.4 Å². The van der Waals surface area contributed by atoms with Crippen LogP contribution in [0.2, 0.25) is 0 Å². The van der Waals surface area contributed by atoms with Crippen LogP contribution in [-0.4, -0.2) is 26.1 Å². The summed E-state index contributed by atoms with van der Waals surface area (Å²) in [5.41, 5.74) is 4.23. The molecule has 28 heavy (non-hydrogen) atoms. The predicted octanol–water partition coefficient (Wildman–Crippen LogP) is 4.95. The molecule has 2 aromatic heterocycles. The molecule has 5 nitrogen and oxygen atoms in total. The van der Waals surface area contributed by atoms with Gasteiger partial charge in [0, 0.05) is 18.2 Å². The van der Waals surface area contributed by atoms with E-state index in [1.807, 2.05) is 31.5 Å². The molecule has 0 radical (unpaired) electrons. The Bertz CT molecular complexity index is 1120. The maximum absolute atomic E-state index is 14.3. The van der Waals surface area contributed by atoms with Crippen LogP contribution in [-0.2, 0) is 0 Å². The van der Waals surface area contributed by atoms with Gasteiger partial charge in [0.15, 0.2) is 11.4 Å². The Labute approximate surface area is 164 Å². The highest BCUT2D eigenvalue weighted by Gasteiger charge is 2.36. The third kappa shape index (κ3) is 2.87. The van der Waals surface area contributed by atoms with Crippen molar-refractivity contribution in [2.75, 3.05) is 0 Å². The maximum atomic E-state index is 14.3. The number of hydrogen-bond donors (Lipinski definition) is 0. The summed E-state index contributed by atoms with van der Waals surface area (Å²) in [6, 6.07) is 3.18. The number of fused-ring (bicyclic) bond motifs is 2. The minimum atomic E-state index is -0.786. The van der Waals surface area contributed by atoms with Gasteiger partial charge >= 0.3 is 0 Å². The Morgan fingerprint density at radius 1 is 1.14 bits per heavy atom.